The second kappa shape index (κ2) is 1.85. The molecule has 8 heavy (non-hydrogen) atoms. The van der Waals surface area contributed by atoms with E-state index in [1.165, 1.54) is 16.7 Å². The Balaban J connectivity index is 3.05. The van der Waals surface area contributed by atoms with E-state index in [-0.39, 0.29) is 5.88 Å². The fraction of sp³-hybridized carbons (Fsp3) is 0. The molecule has 0 unspecified atom stereocenters. The maximum Gasteiger partial charge on any atom is 0.223 e. The van der Waals surface area contributed by atoms with E-state index in [0.29, 0.717) is 5.01 Å². The molecule has 1 aromatic heterocycles. The van der Waals surface area contributed by atoms with Crippen LogP contribution in [0, 0.1) is 12.3 Å². The first kappa shape index (κ1) is 5.13. The van der Waals surface area contributed by atoms with Crippen LogP contribution in [0.5, 0.6) is 5.88 Å². The van der Waals surface area contributed by atoms with Gasteiger partial charge in [0.1, 0.15) is 0 Å². The number of nitrogens with zero attached hydrogens (tertiary/aromatic N) is 1. The largest absolute Gasteiger partial charge is 0.493 e. The molecule has 0 saturated heterocycles. The van der Waals surface area contributed by atoms with Crippen LogP contribution in [0.25, 0.3) is 0 Å². The van der Waals surface area contributed by atoms with Gasteiger partial charge in [0.15, 0.2) is 5.01 Å². The van der Waals surface area contributed by atoms with Crippen molar-refractivity contribution in [3.05, 3.63) is 10.4 Å². The number of hydrogen-bond donors (Lipinski definition) is 1. The van der Waals surface area contributed by atoms with Gasteiger partial charge in [0.05, 0.1) is 5.38 Å². The summed E-state index contributed by atoms with van der Waals surface area (Å²) in [5, 5.41) is 10.6. The molecule has 0 saturated carbocycles. The lowest BCUT2D eigenvalue weighted by Crippen LogP contribution is -1.65. The van der Waals surface area contributed by atoms with Crippen LogP contribution in [-0.4, -0.2) is 10.1 Å². The summed E-state index contributed by atoms with van der Waals surface area (Å²) in [6.45, 7) is 0. The summed E-state index contributed by atoms with van der Waals surface area (Å²) in [4.78, 5) is 3.57. The van der Waals surface area contributed by atoms with Gasteiger partial charge in [-0.15, -0.1) is 17.8 Å². The van der Waals surface area contributed by atoms with Gasteiger partial charge in [-0.2, -0.15) is 4.98 Å². The molecular weight excluding hydrogens is 122 g/mol. The van der Waals surface area contributed by atoms with Crippen molar-refractivity contribution >= 4 is 11.3 Å². The molecule has 0 aliphatic heterocycles. The normalized spacial score (nSPS) is 8.38. The number of rotatable bonds is 0. The molecule has 1 rings (SSSR count). The summed E-state index contributed by atoms with van der Waals surface area (Å²) in [6.07, 6.45) is 4.95. The Morgan fingerprint density at radius 2 is 2.62 bits per heavy atom. The van der Waals surface area contributed by atoms with Crippen molar-refractivity contribution in [2.75, 3.05) is 0 Å². The van der Waals surface area contributed by atoms with E-state index in [1.54, 1.807) is 0 Å². The third kappa shape index (κ3) is 0.796. The van der Waals surface area contributed by atoms with E-state index in [4.69, 9.17) is 11.5 Å². The van der Waals surface area contributed by atoms with Crippen molar-refractivity contribution in [1.82, 2.24) is 4.98 Å². The number of thiazole rings is 1. The maximum absolute atomic E-state index is 8.59. The third-order valence-electron chi connectivity index (χ3n) is 0.616. The van der Waals surface area contributed by atoms with Gasteiger partial charge in [0.25, 0.3) is 0 Å². The first-order chi connectivity index (χ1) is 3.83. The molecule has 1 heterocycles. The van der Waals surface area contributed by atoms with Gasteiger partial charge >= 0.3 is 0 Å². The highest BCUT2D eigenvalue weighted by molar-refractivity contribution is 7.10. The number of aromatic hydroxyl groups is 1. The molecule has 0 spiro atoms. The summed E-state index contributed by atoms with van der Waals surface area (Å²) in [6, 6.07) is 0. The van der Waals surface area contributed by atoms with Crippen LogP contribution in [-0.2, 0) is 0 Å². The molecule has 0 fully saturated rings. The Hall–Kier alpha value is -1.01. The average Bonchev–Trinajstić information content (AvgIpc) is 2.14. The highest BCUT2D eigenvalue weighted by Crippen LogP contribution is 2.12. The molecule has 1 aromatic rings. The SMILES string of the molecule is C#Cc1nc(O)cs1. The van der Waals surface area contributed by atoms with Crippen molar-refractivity contribution in [1.29, 1.82) is 0 Å². The van der Waals surface area contributed by atoms with Crippen molar-refractivity contribution < 1.29 is 5.11 Å². The molecule has 0 bridgehead atoms. The van der Waals surface area contributed by atoms with E-state index in [1.807, 2.05) is 0 Å². The van der Waals surface area contributed by atoms with Gasteiger partial charge < -0.3 is 5.11 Å². The molecule has 3 heteroatoms. The minimum atomic E-state index is 0.00273. The monoisotopic (exact) mass is 125 g/mol. The standard InChI is InChI=1S/C5H3NOS/c1-2-5-6-4(7)3-8-5/h1,3,7H. The molecule has 0 atom stereocenters. The Kier molecular flexibility index (Phi) is 1.18. The molecule has 0 amide bonds. The number of aromatic nitrogens is 1. The summed E-state index contributed by atoms with van der Waals surface area (Å²) in [7, 11) is 0. The van der Waals surface area contributed by atoms with Crippen molar-refractivity contribution in [2.24, 2.45) is 0 Å². The summed E-state index contributed by atoms with van der Waals surface area (Å²) in [5.74, 6) is 2.30. The second-order valence-electron chi connectivity index (χ2n) is 1.16. The molecule has 1 N–H and O–H groups in total. The minimum absolute atomic E-state index is 0.00273. The van der Waals surface area contributed by atoms with E-state index >= 15 is 0 Å². The van der Waals surface area contributed by atoms with Gasteiger partial charge in [0.2, 0.25) is 5.88 Å². The molecule has 0 aliphatic rings. The molecule has 0 aliphatic carbocycles. The minimum Gasteiger partial charge on any atom is -0.493 e. The fourth-order valence-corrected chi connectivity index (χ4v) is 0.816. The Labute approximate surface area is 50.8 Å². The Bertz CT molecular complexity index is 223. The van der Waals surface area contributed by atoms with Gasteiger partial charge in [-0.1, -0.05) is 0 Å². The smallest absolute Gasteiger partial charge is 0.223 e. The highest BCUT2D eigenvalue weighted by Gasteiger charge is 1.92. The van der Waals surface area contributed by atoms with Gasteiger partial charge in [0, 0.05) is 0 Å². The zero-order chi connectivity index (χ0) is 5.98. The molecule has 0 aromatic carbocycles. The van der Waals surface area contributed by atoms with E-state index in [0.717, 1.165) is 0 Å². The predicted octanol–water partition coefficient (Wildman–Crippen LogP) is 0.830. The van der Waals surface area contributed by atoms with Crippen LogP contribution in [0.3, 0.4) is 0 Å². The van der Waals surface area contributed by atoms with Crippen LogP contribution in [0.1, 0.15) is 5.01 Å². The van der Waals surface area contributed by atoms with Gasteiger partial charge in [-0.25, -0.2) is 0 Å². The quantitative estimate of drug-likeness (QED) is 0.521. The average molecular weight is 125 g/mol. The van der Waals surface area contributed by atoms with Crippen LogP contribution in [0.15, 0.2) is 5.38 Å². The summed E-state index contributed by atoms with van der Waals surface area (Å²) >= 11 is 1.25. The zero-order valence-corrected chi connectivity index (χ0v) is 4.77. The van der Waals surface area contributed by atoms with E-state index in [9.17, 15) is 0 Å². The lowest BCUT2D eigenvalue weighted by atomic mass is 10.7. The lowest BCUT2D eigenvalue weighted by molar-refractivity contribution is 0.457. The van der Waals surface area contributed by atoms with E-state index in [2.05, 4.69) is 10.9 Å². The first-order valence-electron chi connectivity index (χ1n) is 1.94. The van der Waals surface area contributed by atoms with Crippen LogP contribution < -0.4 is 0 Å². The third-order valence-corrected chi connectivity index (χ3v) is 1.38. The fourth-order valence-electron chi connectivity index (χ4n) is 0.332. The molecule has 40 valence electrons. The van der Waals surface area contributed by atoms with Crippen LogP contribution >= 0.6 is 11.3 Å². The molecular formula is C5H3NOS. The van der Waals surface area contributed by atoms with Crippen molar-refractivity contribution in [2.45, 2.75) is 0 Å². The molecule has 0 radical (unpaired) electrons. The topological polar surface area (TPSA) is 33.1 Å². The molecule has 2 nitrogen and oxygen atoms in total. The van der Waals surface area contributed by atoms with Gasteiger partial charge in [-0.05, 0) is 5.92 Å². The summed E-state index contributed by atoms with van der Waals surface area (Å²) < 4.78 is 0. The van der Waals surface area contributed by atoms with Crippen molar-refractivity contribution in [3.63, 3.8) is 0 Å². The maximum atomic E-state index is 8.59. The van der Waals surface area contributed by atoms with Crippen LogP contribution in [0.4, 0.5) is 0 Å². The second-order valence-corrected chi connectivity index (χ2v) is 2.01. The first-order valence-corrected chi connectivity index (χ1v) is 2.82. The van der Waals surface area contributed by atoms with E-state index < -0.39 is 0 Å². The number of hydrogen-bond acceptors (Lipinski definition) is 3. The Morgan fingerprint density at radius 3 is 2.88 bits per heavy atom. The highest BCUT2D eigenvalue weighted by atomic mass is 32.1. The zero-order valence-electron chi connectivity index (χ0n) is 3.96. The number of terminal acetylenes is 1. The predicted molar refractivity (Wildman–Crippen MR) is 31.7 cm³/mol. The van der Waals surface area contributed by atoms with Crippen molar-refractivity contribution in [3.8, 4) is 18.2 Å². The van der Waals surface area contributed by atoms with Crippen LogP contribution in [0.2, 0.25) is 0 Å². The van der Waals surface area contributed by atoms with Gasteiger partial charge in [-0.3, -0.25) is 0 Å². The Morgan fingerprint density at radius 1 is 1.88 bits per heavy atom. The lowest BCUT2D eigenvalue weighted by Gasteiger charge is -1.71. The summed E-state index contributed by atoms with van der Waals surface area (Å²) in [5.41, 5.74) is 0.